The summed E-state index contributed by atoms with van der Waals surface area (Å²) in [5, 5.41) is 2.83. The number of nitrogen functional groups attached to an aromatic ring is 1. The van der Waals surface area contributed by atoms with Crippen LogP contribution in [-0.2, 0) is 6.42 Å². The van der Waals surface area contributed by atoms with Gasteiger partial charge in [-0.15, -0.1) is 0 Å². The first-order chi connectivity index (χ1) is 15.5. The lowest BCUT2D eigenvalue weighted by molar-refractivity contribution is 0.0946. The molecule has 3 aromatic rings. The van der Waals surface area contributed by atoms with Crippen molar-refractivity contribution in [2.75, 3.05) is 50.4 Å². The van der Waals surface area contributed by atoms with Crippen molar-refractivity contribution >= 4 is 17.4 Å². The molecular formula is C25H26FN5O. The number of nitrogens with zero attached hydrogens (tertiary/aromatic N) is 3. The van der Waals surface area contributed by atoms with E-state index in [9.17, 15) is 4.79 Å². The fraction of sp³-hybridized carbons (Fsp3) is 0.280. The molecule has 3 heterocycles. The number of benzene rings is 2. The number of hydrogen-bond acceptors (Lipinski definition) is 5. The maximum absolute atomic E-state index is 15.7. The largest absolute Gasteiger partial charge is 0.383 e. The maximum atomic E-state index is 15.7. The number of anilines is 2. The van der Waals surface area contributed by atoms with Crippen LogP contribution >= 0.6 is 0 Å². The van der Waals surface area contributed by atoms with Crippen molar-refractivity contribution in [3.8, 4) is 22.3 Å². The fourth-order valence-corrected chi connectivity index (χ4v) is 4.48. The average molecular weight is 432 g/mol. The fourth-order valence-electron chi connectivity index (χ4n) is 4.48. The molecule has 1 fully saturated rings. The van der Waals surface area contributed by atoms with Gasteiger partial charge in [0.2, 0.25) is 0 Å². The van der Waals surface area contributed by atoms with Crippen molar-refractivity contribution in [2.24, 2.45) is 0 Å². The Hall–Kier alpha value is -3.45. The van der Waals surface area contributed by atoms with Gasteiger partial charge in [0.05, 0.1) is 5.56 Å². The van der Waals surface area contributed by atoms with E-state index >= 15 is 4.39 Å². The van der Waals surface area contributed by atoms with E-state index in [4.69, 9.17) is 5.73 Å². The van der Waals surface area contributed by atoms with Gasteiger partial charge in [-0.1, -0.05) is 24.3 Å². The minimum Gasteiger partial charge on any atom is -0.383 e. The quantitative estimate of drug-likeness (QED) is 0.666. The summed E-state index contributed by atoms with van der Waals surface area (Å²) in [5.41, 5.74) is 10.8. The number of nitrogens with two attached hydrogens (primary N) is 1. The van der Waals surface area contributed by atoms with Crippen LogP contribution in [0.2, 0.25) is 0 Å². The van der Waals surface area contributed by atoms with Crippen molar-refractivity contribution in [1.82, 2.24) is 15.2 Å². The highest BCUT2D eigenvalue weighted by Crippen LogP contribution is 2.35. The highest BCUT2D eigenvalue weighted by molar-refractivity contribution is 5.97. The number of amides is 1. The topological polar surface area (TPSA) is 74.5 Å². The van der Waals surface area contributed by atoms with E-state index in [1.54, 1.807) is 12.1 Å². The predicted octanol–water partition coefficient (Wildman–Crippen LogP) is 3.17. The van der Waals surface area contributed by atoms with Crippen molar-refractivity contribution in [3.05, 3.63) is 65.6 Å². The molecule has 6 nitrogen and oxygen atoms in total. The van der Waals surface area contributed by atoms with Gasteiger partial charge in [0.15, 0.2) is 0 Å². The summed E-state index contributed by atoms with van der Waals surface area (Å²) in [6, 6.07) is 13.3. The second kappa shape index (κ2) is 8.24. The molecule has 0 radical (unpaired) electrons. The van der Waals surface area contributed by atoms with Gasteiger partial charge in [0, 0.05) is 55.7 Å². The zero-order valence-corrected chi connectivity index (χ0v) is 18.1. The average Bonchev–Trinajstić information content (AvgIpc) is 2.80. The van der Waals surface area contributed by atoms with Crippen LogP contribution in [0.25, 0.3) is 22.3 Å². The summed E-state index contributed by atoms with van der Waals surface area (Å²) in [6.07, 6.45) is 2.20. The lowest BCUT2D eigenvalue weighted by Crippen LogP contribution is -2.44. The molecule has 7 heteroatoms. The highest BCUT2D eigenvalue weighted by atomic mass is 19.1. The Bertz CT molecular complexity index is 1170. The number of carbonyl (C=O) groups excluding carboxylic acids is 1. The van der Waals surface area contributed by atoms with Crippen molar-refractivity contribution < 1.29 is 9.18 Å². The third-order valence-corrected chi connectivity index (χ3v) is 6.41. The molecule has 2 aliphatic heterocycles. The number of halogens is 1. The number of hydrogen-bond donors (Lipinski definition) is 2. The molecule has 1 aromatic heterocycles. The van der Waals surface area contributed by atoms with Gasteiger partial charge in [-0.3, -0.25) is 4.79 Å². The molecule has 3 N–H and O–H groups in total. The minimum atomic E-state index is -0.398. The molecule has 5 rings (SSSR count). The Morgan fingerprint density at radius 3 is 2.47 bits per heavy atom. The maximum Gasteiger partial charge on any atom is 0.251 e. The molecule has 2 aromatic carbocycles. The van der Waals surface area contributed by atoms with Crippen molar-refractivity contribution in [1.29, 1.82) is 0 Å². The number of pyridine rings is 1. The number of carbonyl (C=O) groups is 1. The smallest absolute Gasteiger partial charge is 0.251 e. The van der Waals surface area contributed by atoms with Gasteiger partial charge in [0.1, 0.15) is 11.6 Å². The van der Waals surface area contributed by atoms with E-state index in [2.05, 4.69) is 27.1 Å². The number of piperazine rings is 1. The molecule has 0 unspecified atom stereocenters. The molecular weight excluding hydrogens is 405 g/mol. The second-order valence-corrected chi connectivity index (χ2v) is 8.46. The van der Waals surface area contributed by atoms with E-state index < -0.39 is 5.82 Å². The van der Waals surface area contributed by atoms with Gasteiger partial charge >= 0.3 is 0 Å². The van der Waals surface area contributed by atoms with Crippen LogP contribution in [0.1, 0.15) is 15.9 Å². The third-order valence-electron chi connectivity index (χ3n) is 6.41. The number of nitrogens with one attached hydrogen (secondary N) is 1. The molecule has 1 amide bonds. The van der Waals surface area contributed by atoms with Gasteiger partial charge < -0.3 is 20.9 Å². The Morgan fingerprint density at radius 1 is 1.00 bits per heavy atom. The van der Waals surface area contributed by atoms with Crippen LogP contribution in [0, 0.1) is 5.82 Å². The van der Waals surface area contributed by atoms with E-state index in [0.29, 0.717) is 29.7 Å². The summed E-state index contributed by atoms with van der Waals surface area (Å²) in [6.45, 7) is 4.60. The van der Waals surface area contributed by atoms with E-state index in [1.807, 2.05) is 30.3 Å². The number of rotatable bonds is 3. The zero-order valence-electron chi connectivity index (χ0n) is 18.1. The first kappa shape index (κ1) is 20.5. The molecule has 0 bridgehead atoms. The van der Waals surface area contributed by atoms with Gasteiger partial charge in [-0.2, -0.15) is 0 Å². The lowest BCUT2D eigenvalue weighted by Gasteiger charge is -2.34. The van der Waals surface area contributed by atoms with E-state index in [0.717, 1.165) is 43.0 Å². The Labute approximate surface area is 186 Å². The van der Waals surface area contributed by atoms with E-state index in [-0.39, 0.29) is 17.3 Å². The molecule has 2 aliphatic rings. The lowest BCUT2D eigenvalue weighted by atomic mass is 9.93. The van der Waals surface area contributed by atoms with Crippen molar-refractivity contribution in [3.63, 3.8) is 0 Å². The molecule has 0 saturated carbocycles. The van der Waals surface area contributed by atoms with Gasteiger partial charge in [-0.05, 0) is 48.4 Å². The SMILES string of the molecule is CN1CCN(c2ccc(-c3cnc(N)c(-c4ccc5c(c4)CCNC5=O)c3F)cc2)CC1. The first-order valence-electron chi connectivity index (χ1n) is 10.9. The number of likely N-dealkylation sites (N-methyl/N-ethyl adjacent to an activating group) is 1. The third kappa shape index (κ3) is 3.69. The normalized spacial score (nSPS) is 16.6. The van der Waals surface area contributed by atoms with Gasteiger partial charge in [0.25, 0.3) is 5.91 Å². The molecule has 0 spiro atoms. The number of aromatic nitrogens is 1. The summed E-state index contributed by atoms with van der Waals surface area (Å²) in [7, 11) is 2.13. The molecule has 0 aliphatic carbocycles. The van der Waals surface area contributed by atoms with Crippen LogP contribution in [0.4, 0.5) is 15.9 Å². The molecule has 32 heavy (non-hydrogen) atoms. The van der Waals surface area contributed by atoms with Crippen LogP contribution < -0.4 is 16.0 Å². The van der Waals surface area contributed by atoms with Crippen LogP contribution in [0.5, 0.6) is 0 Å². The Morgan fingerprint density at radius 2 is 1.72 bits per heavy atom. The Kier molecular flexibility index (Phi) is 5.27. The number of fused-ring (bicyclic) bond motifs is 1. The summed E-state index contributed by atoms with van der Waals surface area (Å²) < 4.78 is 15.7. The summed E-state index contributed by atoms with van der Waals surface area (Å²) in [5.74, 6) is -0.357. The summed E-state index contributed by atoms with van der Waals surface area (Å²) in [4.78, 5) is 21.0. The molecule has 0 atom stereocenters. The molecule has 164 valence electrons. The second-order valence-electron chi connectivity index (χ2n) is 8.46. The van der Waals surface area contributed by atoms with Crippen LogP contribution in [0.15, 0.2) is 48.7 Å². The van der Waals surface area contributed by atoms with Crippen LogP contribution in [-0.4, -0.2) is 55.6 Å². The zero-order chi connectivity index (χ0) is 22.2. The standard InChI is InChI=1S/C25H26FN5O/c1-30-10-12-31(13-11-30)19-5-2-16(3-6-19)21-15-29-24(27)22(23(21)26)18-4-7-20-17(14-18)8-9-28-25(20)32/h2-7,14-15H,8-13H2,1H3,(H2,27,29)(H,28,32). The van der Waals surface area contributed by atoms with Crippen LogP contribution in [0.3, 0.4) is 0 Å². The minimum absolute atomic E-state index is 0.0986. The first-order valence-corrected chi connectivity index (χ1v) is 10.9. The van der Waals surface area contributed by atoms with Crippen molar-refractivity contribution in [2.45, 2.75) is 6.42 Å². The van der Waals surface area contributed by atoms with Gasteiger partial charge in [-0.25, -0.2) is 9.37 Å². The van der Waals surface area contributed by atoms with E-state index in [1.165, 1.54) is 6.20 Å². The predicted molar refractivity (Wildman–Crippen MR) is 125 cm³/mol. The summed E-state index contributed by atoms with van der Waals surface area (Å²) >= 11 is 0. The highest BCUT2D eigenvalue weighted by Gasteiger charge is 2.21. The monoisotopic (exact) mass is 431 g/mol. The molecule has 1 saturated heterocycles. The Balaban J connectivity index is 1.48.